The van der Waals surface area contributed by atoms with E-state index < -0.39 is 4.92 Å². The molecular formula is C18H13N3O4S. The van der Waals surface area contributed by atoms with E-state index in [9.17, 15) is 10.1 Å². The molecule has 0 fully saturated rings. The van der Waals surface area contributed by atoms with Crippen molar-refractivity contribution in [3.63, 3.8) is 0 Å². The molecule has 0 spiro atoms. The Hall–Kier alpha value is -3.44. The molecular weight excluding hydrogens is 354 g/mol. The average molecular weight is 367 g/mol. The lowest BCUT2D eigenvalue weighted by Gasteiger charge is -2.05. The average Bonchev–Trinajstić information content (AvgIpc) is 3.24. The number of aryl methyl sites for hydroxylation is 1. The zero-order valence-corrected chi connectivity index (χ0v) is 14.5. The maximum Gasteiger partial charge on any atom is 0.338 e. The monoisotopic (exact) mass is 367 g/mol. The highest BCUT2D eigenvalue weighted by molar-refractivity contribution is 7.10. The van der Waals surface area contributed by atoms with Crippen LogP contribution in [0.3, 0.4) is 0 Å². The predicted octanol–water partition coefficient (Wildman–Crippen LogP) is 4.57. The second-order valence-electron chi connectivity index (χ2n) is 5.32. The molecule has 130 valence electrons. The van der Waals surface area contributed by atoms with Gasteiger partial charge in [0, 0.05) is 5.56 Å². The summed E-state index contributed by atoms with van der Waals surface area (Å²) in [5.74, 6) is 0.771. The molecule has 0 saturated heterocycles. The van der Waals surface area contributed by atoms with Crippen molar-refractivity contribution in [2.24, 2.45) is 0 Å². The van der Waals surface area contributed by atoms with E-state index in [1.54, 1.807) is 18.2 Å². The highest BCUT2D eigenvalue weighted by atomic mass is 32.1. The van der Waals surface area contributed by atoms with E-state index in [-0.39, 0.29) is 17.1 Å². The first kappa shape index (κ1) is 17.4. The molecule has 0 aliphatic carbocycles. The van der Waals surface area contributed by atoms with Gasteiger partial charge in [-0.15, -0.1) is 11.3 Å². The summed E-state index contributed by atoms with van der Waals surface area (Å²) in [6.45, 7) is 1.85. The number of nitro groups is 1. The Morgan fingerprint density at radius 2 is 2.12 bits per heavy atom. The quantitative estimate of drug-likeness (QED) is 0.467. The van der Waals surface area contributed by atoms with E-state index in [0.29, 0.717) is 17.2 Å². The minimum absolute atomic E-state index is 0.106. The lowest BCUT2D eigenvalue weighted by Crippen LogP contribution is -1.95. The molecule has 2 heterocycles. The Balaban J connectivity index is 1.67. The van der Waals surface area contributed by atoms with Crippen LogP contribution in [0.2, 0.25) is 0 Å². The fourth-order valence-corrected chi connectivity index (χ4v) is 2.97. The van der Waals surface area contributed by atoms with Gasteiger partial charge in [0.05, 0.1) is 4.92 Å². The van der Waals surface area contributed by atoms with Crippen molar-refractivity contribution in [2.75, 3.05) is 0 Å². The molecule has 0 aliphatic rings. The first-order chi connectivity index (χ1) is 12.6. The number of aromatic nitrogens is 1. The second-order valence-corrected chi connectivity index (χ2v) is 6.23. The van der Waals surface area contributed by atoms with Crippen molar-refractivity contribution in [3.05, 3.63) is 73.3 Å². The zero-order chi connectivity index (χ0) is 18.5. The number of nitriles is 1. The van der Waals surface area contributed by atoms with E-state index in [1.165, 1.54) is 24.3 Å². The summed E-state index contributed by atoms with van der Waals surface area (Å²) in [5.41, 5.74) is 1.79. The van der Waals surface area contributed by atoms with Crippen LogP contribution in [-0.4, -0.2) is 10.1 Å². The Bertz CT molecular complexity index is 996. The van der Waals surface area contributed by atoms with Crippen LogP contribution < -0.4 is 4.74 Å². The van der Waals surface area contributed by atoms with Gasteiger partial charge in [-0.1, -0.05) is 23.4 Å². The van der Waals surface area contributed by atoms with Crippen LogP contribution in [0.25, 0.3) is 12.2 Å². The molecule has 0 amide bonds. The summed E-state index contributed by atoms with van der Waals surface area (Å²) < 4.78 is 10.7. The van der Waals surface area contributed by atoms with Crippen molar-refractivity contribution in [1.82, 2.24) is 5.16 Å². The van der Waals surface area contributed by atoms with E-state index in [4.69, 9.17) is 14.5 Å². The standard InChI is InChI=1S/C18H13N3O4S/c1-12-18(21(22)23)16(25-20-12)7-4-13-2-5-15(6-3-13)24-11-14-8-9-26-17(14)10-19/h2-9H,11H2,1H3. The SMILES string of the molecule is Cc1noc(C=Cc2ccc(OCc3ccsc3C#N)cc2)c1[N+](=O)[O-]. The topological polar surface area (TPSA) is 102 Å². The van der Waals surface area contributed by atoms with Gasteiger partial charge in [0.2, 0.25) is 5.76 Å². The number of nitrogens with zero attached hydrogens (tertiary/aromatic N) is 3. The van der Waals surface area contributed by atoms with Gasteiger partial charge in [-0.2, -0.15) is 5.26 Å². The maximum absolute atomic E-state index is 11.0. The summed E-state index contributed by atoms with van der Waals surface area (Å²) in [4.78, 5) is 11.1. The number of rotatable bonds is 6. The predicted molar refractivity (Wildman–Crippen MR) is 96.6 cm³/mol. The molecule has 8 heteroatoms. The molecule has 0 bridgehead atoms. The highest BCUT2D eigenvalue weighted by Crippen LogP contribution is 2.25. The maximum atomic E-state index is 11.0. The fraction of sp³-hybridized carbons (Fsp3) is 0.111. The molecule has 0 saturated carbocycles. The third-order valence-corrected chi connectivity index (χ3v) is 4.45. The normalized spacial score (nSPS) is 10.8. The molecule has 1 aromatic carbocycles. The molecule has 0 atom stereocenters. The van der Waals surface area contributed by atoms with Crippen LogP contribution in [0.4, 0.5) is 5.69 Å². The van der Waals surface area contributed by atoms with Crippen LogP contribution in [0.1, 0.15) is 27.5 Å². The van der Waals surface area contributed by atoms with Crippen molar-refractivity contribution >= 4 is 29.2 Å². The first-order valence-corrected chi connectivity index (χ1v) is 8.44. The summed E-state index contributed by atoms with van der Waals surface area (Å²) in [5, 5.41) is 25.5. The molecule has 3 aromatic rings. The Morgan fingerprint density at radius 1 is 1.35 bits per heavy atom. The van der Waals surface area contributed by atoms with E-state index >= 15 is 0 Å². The minimum Gasteiger partial charge on any atom is -0.489 e. The van der Waals surface area contributed by atoms with Crippen molar-refractivity contribution in [2.45, 2.75) is 13.5 Å². The van der Waals surface area contributed by atoms with E-state index in [0.717, 1.165) is 11.1 Å². The number of hydrogen-bond donors (Lipinski definition) is 0. The van der Waals surface area contributed by atoms with Gasteiger partial charge < -0.3 is 9.26 Å². The first-order valence-electron chi connectivity index (χ1n) is 7.56. The van der Waals surface area contributed by atoms with Crippen LogP contribution in [0, 0.1) is 28.4 Å². The largest absolute Gasteiger partial charge is 0.489 e. The minimum atomic E-state index is -0.512. The van der Waals surface area contributed by atoms with Crippen LogP contribution in [-0.2, 0) is 6.61 Å². The molecule has 2 aromatic heterocycles. The number of hydrogen-bond acceptors (Lipinski definition) is 7. The van der Waals surface area contributed by atoms with Crippen molar-refractivity contribution in [1.29, 1.82) is 5.26 Å². The van der Waals surface area contributed by atoms with Gasteiger partial charge in [-0.25, -0.2) is 0 Å². The van der Waals surface area contributed by atoms with Gasteiger partial charge >= 0.3 is 5.69 Å². The van der Waals surface area contributed by atoms with Crippen LogP contribution in [0.15, 0.2) is 40.2 Å². The van der Waals surface area contributed by atoms with Crippen LogP contribution >= 0.6 is 11.3 Å². The van der Waals surface area contributed by atoms with Crippen molar-refractivity contribution in [3.8, 4) is 11.8 Å². The van der Waals surface area contributed by atoms with E-state index in [2.05, 4.69) is 11.2 Å². The molecule has 0 radical (unpaired) electrons. The third kappa shape index (κ3) is 3.79. The summed E-state index contributed by atoms with van der Waals surface area (Å²) in [6.07, 6.45) is 3.21. The number of thiophene rings is 1. The molecule has 3 rings (SSSR count). The van der Waals surface area contributed by atoms with Gasteiger partial charge in [-0.05, 0) is 42.1 Å². The van der Waals surface area contributed by atoms with Gasteiger partial charge in [0.15, 0.2) is 5.69 Å². The van der Waals surface area contributed by atoms with Gasteiger partial charge in [0.1, 0.15) is 23.3 Å². The highest BCUT2D eigenvalue weighted by Gasteiger charge is 2.21. The van der Waals surface area contributed by atoms with E-state index in [1.807, 2.05) is 23.6 Å². The van der Waals surface area contributed by atoms with Crippen molar-refractivity contribution < 1.29 is 14.2 Å². The molecule has 26 heavy (non-hydrogen) atoms. The van der Waals surface area contributed by atoms with Crippen LogP contribution in [0.5, 0.6) is 5.75 Å². The smallest absolute Gasteiger partial charge is 0.338 e. The summed E-state index contributed by atoms with van der Waals surface area (Å²) in [7, 11) is 0. The summed E-state index contributed by atoms with van der Waals surface area (Å²) in [6, 6.07) is 11.2. The molecule has 0 unspecified atom stereocenters. The Morgan fingerprint density at radius 3 is 2.81 bits per heavy atom. The summed E-state index contributed by atoms with van der Waals surface area (Å²) >= 11 is 1.38. The lowest BCUT2D eigenvalue weighted by molar-refractivity contribution is -0.386. The zero-order valence-electron chi connectivity index (χ0n) is 13.7. The molecule has 7 nitrogen and oxygen atoms in total. The van der Waals surface area contributed by atoms with Gasteiger partial charge in [-0.3, -0.25) is 10.1 Å². The molecule has 0 aliphatic heterocycles. The lowest BCUT2D eigenvalue weighted by atomic mass is 10.2. The second kappa shape index (κ2) is 7.63. The third-order valence-electron chi connectivity index (χ3n) is 3.59. The number of benzene rings is 1. The Labute approximate surface area is 152 Å². The Kier molecular flexibility index (Phi) is 5.10. The molecule has 0 N–H and O–H groups in total. The fourth-order valence-electron chi connectivity index (χ4n) is 2.27. The number of ether oxygens (including phenoxy) is 1. The van der Waals surface area contributed by atoms with Gasteiger partial charge in [0.25, 0.3) is 0 Å².